The number of rotatable bonds is 6. The first kappa shape index (κ1) is 26.2. The first-order valence-electron chi connectivity index (χ1n) is 13.6. The Balaban J connectivity index is 1.48. The van der Waals surface area contributed by atoms with Gasteiger partial charge < -0.3 is 4.90 Å². The molecule has 0 bridgehead atoms. The van der Waals surface area contributed by atoms with Crippen LogP contribution in [0.3, 0.4) is 0 Å². The third kappa shape index (κ3) is 4.79. The molecule has 1 unspecified atom stereocenters. The highest BCUT2D eigenvalue weighted by molar-refractivity contribution is 7.91. The first-order chi connectivity index (χ1) is 20.3. The zero-order valence-corrected chi connectivity index (χ0v) is 23.4. The van der Waals surface area contributed by atoms with Crippen molar-refractivity contribution in [2.75, 3.05) is 4.90 Å². The van der Waals surface area contributed by atoms with Crippen molar-refractivity contribution in [1.29, 1.82) is 10.5 Å². The smallest absolute Gasteiger partial charge is 0.0999 e. The molecule has 1 heterocycles. The van der Waals surface area contributed by atoms with Crippen LogP contribution in [-0.2, 0) is 0 Å². The lowest BCUT2D eigenvalue weighted by atomic mass is 9.99. The van der Waals surface area contributed by atoms with Gasteiger partial charge in [0.2, 0.25) is 0 Å². The highest BCUT2D eigenvalue weighted by Crippen LogP contribution is 2.57. The summed E-state index contributed by atoms with van der Waals surface area (Å²) in [5.74, 6) is 0. The Bertz CT molecular complexity index is 1730. The van der Waals surface area contributed by atoms with Gasteiger partial charge in [-0.1, -0.05) is 109 Å². The lowest BCUT2D eigenvalue weighted by Gasteiger charge is -2.36. The van der Waals surface area contributed by atoms with Crippen LogP contribution >= 0.6 is 6.89 Å². The number of nitriles is 2. The van der Waals surface area contributed by atoms with Crippen LogP contribution in [0.15, 0.2) is 152 Å². The number of benzene rings is 5. The Hall–Kier alpha value is -5.08. The fourth-order valence-corrected chi connectivity index (χ4v) is 10.2. The summed E-state index contributed by atoms with van der Waals surface area (Å²) in [6.45, 7) is -2.47. The minimum absolute atomic E-state index is 0.341. The topological polar surface area (TPSA) is 50.8 Å². The van der Waals surface area contributed by atoms with E-state index in [1.807, 2.05) is 72.8 Å². The van der Waals surface area contributed by atoms with Gasteiger partial charge in [-0.2, -0.15) is 10.5 Å². The molecule has 0 aromatic heterocycles. The fourth-order valence-electron chi connectivity index (χ4n) is 5.82. The molecule has 6 rings (SSSR count). The van der Waals surface area contributed by atoms with Gasteiger partial charge >= 0.3 is 0 Å². The quantitative estimate of drug-likeness (QED) is 0.202. The molecule has 5 aromatic carbocycles. The number of hydrogen-bond acceptors (Lipinski definition) is 3. The molecule has 196 valence electrons. The van der Waals surface area contributed by atoms with Gasteiger partial charge in [-0.15, -0.1) is 0 Å². The van der Waals surface area contributed by atoms with E-state index in [9.17, 15) is 10.5 Å². The van der Waals surface area contributed by atoms with Crippen LogP contribution < -0.4 is 15.5 Å². The molecule has 1 atom stereocenters. The third-order valence-electron chi connectivity index (χ3n) is 7.69. The predicted octanol–water partition coefficient (Wildman–Crippen LogP) is 8.20. The van der Waals surface area contributed by atoms with E-state index in [4.69, 9.17) is 0 Å². The Kier molecular flexibility index (Phi) is 7.38. The second kappa shape index (κ2) is 11.6. The van der Waals surface area contributed by atoms with Gasteiger partial charge in [-0.05, 0) is 77.5 Å². The first-order valence-corrected chi connectivity index (χ1v) is 15.5. The maximum atomic E-state index is 10.6. The Morgan fingerprint density at radius 2 is 1.00 bits per heavy atom. The minimum Gasteiger partial charge on any atom is -0.311 e. The summed E-state index contributed by atoms with van der Waals surface area (Å²) in [6, 6.07) is 54.6. The summed E-state index contributed by atoms with van der Waals surface area (Å²) < 4.78 is 0. The zero-order valence-electron chi connectivity index (χ0n) is 22.5. The number of para-hydroxylation sites is 2. The van der Waals surface area contributed by atoms with Crippen molar-refractivity contribution in [3.8, 4) is 12.1 Å². The lowest BCUT2D eigenvalue weighted by molar-refractivity contribution is 1.08. The molecule has 0 fully saturated rings. The van der Waals surface area contributed by atoms with Crippen molar-refractivity contribution in [1.82, 2.24) is 0 Å². The molecule has 0 N–H and O–H groups in total. The molecular weight excluding hydrogens is 517 g/mol. The summed E-state index contributed by atoms with van der Waals surface area (Å²) in [6.07, 6.45) is 2.64. The lowest BCUT2D eigenvalue weighted by Crippen LogP contribution is -2.32. The summed E-state index contributed by atoms with van der Waals surface area (Å²) in [7, 11) is 0. The van der Waals surface area contributed by atoms with Crippen molar-refractivity contribution < 1.29 is 0 Å². The zero-order chi connectivity index (χ0) is 28.1. The molecule has 0 saturated heterocycles. The monoisotopic (exact) mass is 545 g/mol. The summed E-state index contributed by atoms with van der Waals surface area (Å²) in [5, 5.41) is 24.0. The maximum absolute atomic E-state index is 10.6. The normalized spacial score (nSPS) is 15.7. The molecule has 0 spiro atoms. The van der Waals surface area contributed by atoms with Crippen LogP contribution in [-0.4, -0.2) is 11.0 Å². The Labute approximate surface area is 241 Å². The molecule has 4 heteroatoms. The molecule has 0 radical (unpaired) electrons. The van der Waals surface area contributed by atoms with Gasteiger partial charge in [0.1, 0.15) is 0 Å². The van der Waals surface area contributed by atoms with Crippen LogP contribution in [0.25, 0.3) is 5.57 Å². The fraction of sp³-hybridized carbons (Fsp3) is 0.0541. The molecule has 5 aromatic rings. The van der Waals surface area contributed by atoms with Gasteiger partial charge in [0.15, 0.2) is 0 Å². The Morgan fingerprint density at radius 1 is 0.561 bits per heavy atom. The van der Waals surface area contributed by atoms with E-state index in [2.05, 4.69) is 95.9 Å². The molecule has 3 nitrogen and oxygen atoms in total. The summed E-state index contributed by atoms with van der Waals surface area (Å²) >= 11 is 0. The second-order valence-electron chi connectivity index (χ2n) is 9.96. The molecule has 0 saturated carbocycles. The van der Waals surface area contributed by atoms with E-state index >= 15 is 0 Å². The van der Waals surface area contributed by atoms with Gasteiger partial charge in [-0.3, -0.25) is 0 Å². The van der Waals surface area contributed by atoms with Gasteiger partial charge in [0.25, 0.3) is 0 Å². The molecular formula is C37H28N3P. The van der Waals surface area contributed by atoms with Crippen LogP contribution in [0.4, 0.5) is 17.1 Å². The summed E-state index contributed by atoms with van der Waals surface area (Å²) in [4.78, 5) is 2.23. The average molecular weight is 546 g/mol. The standard InChI is InChI=1S/C37H28N3P/c38-27-36-25-30(26-37(28-39)41(36,34-17-9-3-10-18-34)35-19-11-4-12-20-35)29-21-23-33(24-22-29)40(31-13-5-1-6-14-31)32-15-7-2-8-16-32/h1-25,37H,26H2. The van der Waals surface area contributed by atoms with Crippen LogP contribution in [0.2, 0.25) is 0 Å². The van der Waals surface area contributed by atoms with Gasteiger partial charge in [0, 0.05) is 17.1 Å². The SMILES string of the molecule is N#CC1=P(c2ccccc2)(c2ccccc2)C(C#N)CC(c2ccc(N(c3ccccc3)c3ccccc3)cc2)=C1. The molecule has 0 aliphatic carbocycles. The van der Waals surface area contributed by atoms with E-state index in [1.165, 1.54) is 0 Å². The third-order valence-corrected chi connectivity index (χ3v) is 12.1. The van der Waals surface area contributed by atoms with Crippen molar-refractivity contribution >= 4 is 45.4 Å². The van der Waals surface area contributed by atoms with E-state index < -0.39 is 6.89 Å². The molecule has 0 amide bonds. The minimum atomic E-state index is -2.47. The highest BCUT2D eigenvalue weighted by Gasteiger charge is 2.39. The van der Waals surface area contributed by atoms with E-state index in [-0.39, 0.29) is 5.66 Å². The molecule has 1 aliphatic heterocycles. The van der Waals surface area contributed by atoms with E-state index in [1.54, 1.807) is 0 Å². The van der Waals surface area contributed by atoms with Crippen molar-refractivity contribution in [2.45, 2.75) is 12.1 Å². The summed E-state index contributed by atoms with van der Waals surface area (Å²) in [5.41, 5.74) is 4.91. The average Bonchev–Trinajstić information content (AvgIpc) is 3.06. The van der Waals surface area contributed by atoms with Gasteiger partial charge in [-0.25, -0.2) is 0 Å². The second-order valence-corrected chi connectivity index (χ2v) is 13.5. The van der Waals surface area contributed by atoms with Crippen LogP contribution in [0.5, 0.6) is 0 Å². The van der Waals surface area contributed by atoms with Crippen molar-refractivity contribution in [2.24, 2.45) is 0 Å². The van der Waals surface area contributed by atoms with Crippen molar-refractivity contribution in [3.05, 3.63) is 157 Å². The molecule has 41 heavy (non-hydrogen) atoms. The maximum Gasteiger partial charge on any atom is 0.0999 e. The van der Waals surface area contributed by atoms with E-state index in [0.717, 1.165) is 38.8 Å². The van der Waals surface area contributed by atoms with Gasteiger partial charge in [0.05, 0.1) is 23.1 Å². The highest BCUT2D eigenvalue weighted by atomic mass is 31.2. The van der Waals surface area contributed by atoms with Crippen LogP contribution in [0, 0.1) is 22.7 Å². The predicted molar refractivity (Wildman–Crippen MR) is 173 cm³/mol. The number of nitrogens with zero attached hydrogens (tertiary/aromatic N) is 3. The largest absolute Gasteiger partial charge is 0.311 e. The number of anilines is 3. The molecule has 1 aliphatic rings. The van der Waals surface area contributed by atoms with Crippen molar-refractivity contribution in [3.63, 3.8) is 0 Å². The number of hydrogen-bond donors (Lipinski definition) is 0. The Morgan fingerprint density at radius 3 is 1.44 bits per heavy atom. The van der Waals surface area contributed by atoms with Crippen LogP contribution in [0.1, 0.15) is 12.0 Å². The number of allylic oxidation sites excluding steroid dienone is 2. The van der Waals surface area contributed by atoms with E-state index in [0.29, 0.717) is 11.7 Å².